The topological polar surface area (TPSA) is 111 Å². The number of halogens is 4. The van der Waals surface area contributed by atoms with Crippen LogP contribution in [-0.2, 0) is 16.1 Å². The Kier molecular flexibility index (Phi) is 9.48. The van der Waals surface area contributed by atoms with Gasteiger partial charge in [-0.15, -0.1) is 5.10 Å². The molecule has 15 heteroatoms. The lowest BCUT2D eigenvalue weighted by molar-refractivity contribution is -0.153. The monoisotopic (exact) mass is 642 g/mol. The van der Waals surface area contributed by atoms with Crippen molar-refractivity contribution in [1.29, 1.82) is 0 Å². The Hall–Kier alpha value is -4.76. The van der Waals surface area contributed by atoms with E-state index in [1.54, 1.807) is 0 Å². The Labute approximate surface area is 259 Å². The first-order chi connectivity index (χ1) is 21.5. The van der Waals surface area contributed by atoms with Gasteiger partial charge in [0.25, 0.3) is 0 Å². The quantitative estimate of drug-likeness (QED) is 0.207. The van der Waals surface area contributed by atoms with E-state index >= 15 is 4.39 Å². The van der Waals surface area contributed by atoms with Gasteiger partial charge in [-0.2, -0.15) is 18.2 Å². The van der Waals surface area contributed by atoms with Crippen LogP contribution < -0.4 is 15.0 Å². The highest BCUT2D eigenvalue weighted by Crippen LogP contribution is 2.31. The minimum atomic E-state index is -4.45. The SMILES string of the molecule is CCOCc1ccc(C)cc1N1C(=O)CS/C1=N\C(=O)Nc1ccc(-c2ncn(-c3ccc(OCC(F)(F)F)cc3)n2)cc1F. The molecule has 45 heavy (non-hydrogen) atoms. The van der Waals surface area contributed by atoms with Gasteiger partial charge in [0.2, 0.25) is 5.91 Å². The Morgan fingerprint density at radius 1 is 1.11 bits per heavy atom. The van der Waals surface area contributed by atoms with Gasteiger partial charge in [0.1, 0.15) is 17.9 Å². The standard InChI is InChI=1S/C30H26F4N6O4S/c1-3-43-14-20-5-4-18(2)12-25(20)40-26(41)15-45-29(40)37-28(42)36-24-11-6-19(13-23(24)31)27-35-17-39(38-27)21-7-9-22(10-8-21)44-16-30(32,33)34/h4-13,17H,3,14-16H2,1-2H3,(H,36,42)/b37-29-. The molecule has 0 atom stereocenters. The third kappa shape index (κ3) is 7.85. The van der Waals surface area contributed by atoms with Crippen LogP contribution in [0, 0.1) is 12.7 Å². The molecule has 234 valence electrons. The van der Waals surface area contributed by atoms with Crippen LogP contribution in [0.1, 0.15) is 18.1 Å². The smallest absolute Gasteiger partial charge is 0.422 e. The molecule has 1 aliphatic heterocycles. The van der Waals surface area contributed by atoms with E-state index in [1.807, 2.05) is 32.0 Å². The number of amidine groups is 1. The number of alkyl halides is 3. The lowest BCUT2D eigenvalue weighted by atomic mass is 10.1. The molecule has 4 aromatic rings. The highest BCUT2D eigenvalue weighted by Gasteiger charge is 2.32. The molecule has 0 radical (unpaired) electrons. The first kappa shape index (κ1) is 31.7. The van der Waals surface area contributed by atoms with Crippen LogP contribution in [-0.4, -0.2) is 57.0 Å². The van der Waals surface area contributed by atoms with Crippen LogP contribution in [0.5, 0.6) is 5.75 Å². The Morgan fingerprint density at radius 2 is 1.89 bits per heavy atom. The fourth-order valence-electron chi connectivity index (χ4n) is 4.26. The summed E-state index contributed by atoms with van der Waals surface area (Å²) in [6.45, 7) is 3.10. The largest absolute Gasteiger partial charge is 0.484 e. The van der Waals surface area contributed by atoms with Gasteiger partial charge in [-0.25, -0.2) is 18.9 Å². The molecule has 1 fully saturated rings. The summed E-state index contributed by atoms with van der Waals surface area (Å²) in [6, 6.07) is 14.4. The molecule has 3 aromatic carbocycles. The van der Waals surface area contributed by atoms with Crippen molar-refractivity contribution < 1.29 is 36.6 Å². The Bertz CT molecular complexity index is 1740. The second kappa shape index (κ2) is 13.5. The van der Waals surface area contributed by atoms with E-state index in [0.29, 0.717) is 23.5 Å². The third-order valence-electron chi connectivity index (χ3n) is 6.37. The molecule has 1 aliphatic rings. The van der Waals surface area contributed by atoms with Gasteiger partial charge in [0.15, 0.2) is 17.6 Å². The van der Waals surface area contributed by atoms with Gasteiger partial charge >= 0.3 is 12.2 Å². The molecule has 1 saturated heterocycles. The Balaban J connectivity index is 1.28. The van der Waals surface area contributed by atoms with Crippen molar-refractivity contribution in [3.05, 3.63) is 83.9 Å². The summed E-state index contributed by atoms with van der Waals surface area (Å²) < 4.78 is 63.8. The molecular formula is C30H26F4N6O4S. The number of hydrogen-bond donors (Lipinski definition) is 1. The van der Waals surface area contributed by atoms with Crippen molar-refractivity contribution in [2.45, 2.75) is 26.6 Å². The average molecular weight is 643 g/mol. The molecule has 0 bridgehead atoms. The van der Waals surface area contributed by atoms with E-state index in [1.165, 1.54) is 52.3 Å². The molecular weight excluding hydrogens is 616 g/mol. The summed E-state index contributed by atoms with van der Waals surface area (Å²) >= 11 is 1.10. The number of thioether (sulfide) groups is 1. The number of nitrogens with zero attached hydrogens (tertiary/aromatic N) is 5. The third-order valence-corrected chi connectivity index (χ3v) is 7.29. The van der Waals surface area contributed by atoms with Crippen LogP contribution in [0.25, 0.3) is 17.1 Å². The highest BCUT2D eigenvalue weighted by atomic mass is 32.2. The molecule has 1 aromatic heterocycles. The first-order valence-electron chi connectivity index (χ1n) is 13.5. The van der Waals surface area contributed by atoms with E-state index in [2.05, 4.69) is 20.4 Å². The first-order valence-corrected chi connectivity index (χ1v) is 14.5. The predicted molar refractivity (Wildman–Crippen MR) is 161 cm³/mol. The lowest BCUT2D eigenvalue weighted by Gasteiger charge is -2.20. The summed E-state index contributed by atoms with van der Waals surface area (Å²) in [5, 5.41) is 6.87. The van der Waals surface area contributed by atoms with Crippen molar-refractivity contribution in [1.82, 2.24) is 14.8 Å². The maximum absolute atomic E-state index is 15.1. The molecule has 1 N–H and O–H groups in total. The number of carbonyl (C=O) groups is 2. The normalized spacial score (nSPS) is 14.3. The van der Waals surface area contributed by atoms with Gasteiger partial charge in [-0.1, -0.05) is 23.9 Å². The van der Waals surface area contributed by atoms with E-state index in [4.69, 9.17) is 9.47 Å². The second-order valence-electron chi connectivity index (χ2n) is 9.72. The predicted octanol–water partition coefficient (Wildman–Crippen LogP) is 6.53. The maximum atomic E-state index is 15.1. The van der Waals surface area contributed by atoms with Crippen molar-refractivity contribution >= 4 is 40.2 Å². The van der Waals surface area contributed by atoms with Crippen molar-refractivity contribution in [3.63, 3.8) is 0 Å². The van der Waals surface area contributed by atoms with Crippen LogP contribution in [0.4, 0.5) is 33.7 Å². The zero-order valence-corrected chi connectivity index (χ0v) is 24.8. The fraction of sp³-hybridized carbons (Fsp3) is 0.233. The summed E-state index contributed by atoms with van der Waals surface area (Å²) in [5.74, 6) is -0.723. The summed E-state index contributed by atoms with van der Waals surface area (Å²) in [6.07, 6.45) is -3.08. The van der Waals surface area contributed by atoms with Crippen LogP contribution in [0.3, 0.4) is 0 Å². The molecule has 2 heterocycles. The van der Waals surface area contributed by atoms with Gasteiger partial charge in [0.05, 0.1) is 29.4 Å². The second-order valence-corrected chi connectivity index (χ2v) is 10.7. The number of aryl methyl sites for hydroxylation is 1. The van der Waals surface area contributed by atoms with Gasteiger partial charge in [0, 0.05) is 17.7 Å². The summed E-state index contributed by atoms with van der Waals surface area (Å²) in [7, 11) is 0. The minimum Gasteiger partial charge on any atom is -0.484 e. The number of rotatable bonds is 9. The van der Waals surface area contributed by atoms with Gasteiger partial charge in [-0.3, -0.25) is 9.69 Å². The average Bonchev–Trinajstić information content (AvgIpc) is 3.63. The van der Waals surface area contributed by atoms with Crippen molar-refractivity contribution in [2.75, 3.05) is 29.2 Å². The highest BCUT2D eigenvalue weighted by molar-refractivity contribution is 8.15. The van der Waals surface area contributed by atoms with Crippen LogP contribution >= 0.6 is 11.8 Å². The number of urea groups is 1. The van der Waals surface area contributed by atoms with Gasteiger partial charge in [-0.05, 0) is 67.9 Å². The fourth-order valence-corrected chi connectivity index (χ4v) is 5.12. The Morgan fingerprint density at radius 3 is 2.60 bits per heavy atom. The van der Waals surface area contributed by atoms with E-state index in [-0.39, 0.29) is 40.7 Å². The number of ether oxygens (including phenoxy) is 2. The van der Waals surface area contributed by atoms with E-state index in [9.17, 15) is 22.8 Å². The number of carbonyl (C=O) groups excluding carboxylic acids is 2. The number of benzene rings is 3. The summed E-state index contributed by atoms with van der Waals surface area (Å²) in [5.41, 5.74) is 2.90. The molecule has 5 rings (SSSR count). The molecule has 0 unspecified atom stereocenters. The zero-order chi connectivity index (χ0) is 32.1. The molecule has 10 nitrogen and oxygen atoms in total. The number of anilines is 2. The molecule has 0 saturated carbocycles. The number of aromatic nitrogens is 3. The molecule has 0 aliphatic carbocycles. The van der Waals surface area contributed by atoms with E-state index < -0.39 is 24.6 Å². The molecule has 0 spiro atoms. The summed E-state index contributed by atoms with van der Waals surface area (Å²) in [4.78, 5) is 35.2. The van der Waals surface area contributed by atoms with Crippen LogP contribution in [0.2, 0.25) is 0 Å². The van der Waals surface area contributed by atoms with Crippen LogP contribution in [0.15, 0.2) is 72.0 Å². The number of amides is 3. The number of hydrogen-bond acceptors (Lipinski definition) is 7. The minimum absolute atomic E-state index is 0.0357. The van der Waals surface area contributed by atoms with Crippen molar-refractivity contribution in [2.24, 2.45) is 4.99 Å². The van der Waals surface area contributed by atoms with E-state index in [0.717, 1.165) is 29.0 Å². The number of nitrogens with one attached hydrogen (secondary N) is 1. The van der Waals surface area contributed by atoms with Crippen molar-refractivity contribution in [3.8, 4) is 22.8 Å². The van der Waals surface area contributed by atoms with Gasteiger partial charge < -0.3 is 14.8 Å². The molecule has 3 amide bonds. The maximum Gasteiger partial charge on any atom is 0.422 e. The zero-order valence-electron chi connectivity index (χ0n) is 24.0. The lowest BCUT2D eigenvalue weighted by Crippen LogP contribution is -2.31. The number of aliphatic imine (C=N–C) groups is 1.